The highest BCUT2D eigenvalue weighted by Crippen LogP contribution is 2.25. The topological polar surface area (TPSA) is 65.3 Å². The van der Waals surface area contributed by atoms with Gasteiger partial charge >= 0.3 is 0 Å². The SMILES string of the molecule is COc1ccc([N+](=O)[O-])c(/C=C/c2ccccn2)c1. The van der Waals surface area contributed by atoms with E-state index < -0.39 is 4.92 Å². The molecule has 0 fully saturated rings. The minimum Gasteiger partial charge on any atom is -0.497 e. The van der Waals surface area contributed by atoms with Gasteiger partial charge in [0.05, 0.1) is 23.3 Å². The van der Waals surface area contributed by atoms with E-state index in [2.05, 4.69) is 4.98 Å². The largest absolute Gasteiger partial charge is 0.497 e. The highest BCUT2D eigenvalue weighted by Gasteiger charge is 2.12. The summed E-state index contributed by atoms with van der Waals surface area (Å²) in [5.41, 5.74) is 1.25. The van der Waals surface area contributed by atoms with E-state index in [0.29, 0.717) is 11.3 Å². The molecule has 0 saturated heterocycles. The number of methoxy groups -OCH3 is 1. The molecule has 0 aliphatic carbocycles. The smallest absolute Gasteiger partial charge is 0.276 e. The van der Waals surface area contributed by atoms with Gasteiger partial charge in [-0.3, -0.25) is 15.1 Å². The third-order valence-corrected chi connectivity index (χ3v) is 2.55. The molecule has 1 heterocycles. The summed E-state index contributed by atoms with van der Waals surface area (Å²) in [5, 5.41) is 10.9. The summed E-state index contributed by atoms with van der Waals surface area (Å²) in [6, 6.07) is 10.1. The van der Waals surface area contributed by atoms with Crippen molar-refractivity contribution < 1.29 is 9.66 Å². The Hall–Kier alpha value is -2.69. The first-order chi connectivity index (χ1) is 9.20. The zero-order valence-electron chi connectivity index (χ0n) is 10.3. The van der Waals surface area contributed by atoms with Crippen LogP contribution in [0.1, 0.15) is 11.3 Å². The van der Waals surface area contributed by atoms with Crippen molar-refractivity contribution in [2.45, 2.75) is 0 Å². The Kier molecular flexibility index (Phi) is 3.87. The normalized spacial score (nSPS) is 10.6. The van der Waals surface area contributed by atoms with E-state index in [1.165, 1.54) is 13.2 Å². The Balaban J connectivity index is 2.37. The fraction of sp³-hybridized carbons (Fsp3) is 0.0714. The lowest BCUT2D eigenvalue weighted by Gasteiger charge is -2.02. The van der Waals surface area contributed by atoms with Crippen LogP contribution in [0.25, 0.3) is 12.2 Å². The van der Waals surface area contributed by atoms with Crippen LogP contribution >= 0.6 is 0 Å². The van der Waals surface area contributed by atoms with Gasteiger partial charge in [0.25, 0.3) is 5.69 Å². The molecule has 0 spiro atoms. The van der Waals surface area contributed by atoms with E-state index in [-0.39, 0.29) is 5.69 Å². The summed E-state index contributed by atoms with van der Waals surface area (Å²) in [6.07, 6.45) is 5.05. The van der Waals surface area contributed by atoms with Gasteiger partial charge in [-0.2, -0.15) is 0 Å². The molecule has 0 unspecified atom stereocenters. The molecular formula is C14H12N2O3. The minimum absolute atomic E-state index is 0.0352. The molecule has 0 saturated carbocycles. The maximum Gasteiger partial charge on any atom is 0.276 e. The molecule has 1 aromatic carbocycles. The summed E-state index contributed by atoms with van der Waals surface area (Å²) >= 11 is 0. The van der Waals surface area contributed by atoms with Gasteiger partial charge in [0.15, 0.2) is 0 Å². The summed E-state index contributed by atoms with van der Waals surface area (Å²) in [6.45, 7) is 0. The molecule has 0 aliphatic heterocycles. The van der Waals surface area contributed by atoms with Crippen molar-refractivity contribution >= 4 is 17.8 Å². The average Bonchev–Trinajstić information content (AvgIpc) is 2.45. The number of rotatable bonds is 4. The summed E-state index contributed by atoms with van der Waals surface area (Å²) in [7, 11) is 1.52. The number of hydrogen-bond donors (Lipinski definition) is 0. The summed E-state index contributed by atoms with van der Waals surface area (Å²) in [4.78, 5) is 14.7. The lowest BCUT2D eigenvalue weighted by molar-refractivity contribution is -0.385. The Morgan fingerprint density at radius 3 is 2.74 bits per heavy atom. The van der Waals surface area contributed by atoms with E-state index in [1.54, 1.807) is 30.5 Å². The molecule has 5 heteroatoms. The Bertz CT molecular complexity index is 609. The molecule has 2 rings (SSSR count). The van der Waals surface area contributed by atoms with Gasteiger partial charge in [-0.25, -0.2) is 0 Å². The minimum atomic E-state index is -0.419. The lowest BCUT2D eigenvalue weighted by atomic mass is 10.1. The van der Waals surface area contributed by atoms with E-state index in [1.807, 2.05) is 18.2 Å². The molecule has 0 radical (unpaired) electrons. The highest BCUT2D eigenvalue weighted by atomic mass is 16.6. The predicted molar refractivity (Wildman–Crippen MR) is 72.8 cm³/mol. The standard InChI is InChI=1S/C14H12N2O3/c1-19-13-7-8-14(16(17)18)11(10-13)5-6-12-4-2-3-9-15-12/h2-10H,1H3/b6-5+. The third kappa shape index (κ3) is 3.16. The third-order valence-electron chi connectivity index (χ3n) is 2.55. The number of nitrogens with zero attached hydrogens (tertiary/aromatic N) is 2. The van der Waals surface area contributed by atoms with Crippen LogP contribution in [0, 0.1) is 10.1 Å². The molecule has 1 aromatic heterocycles. The number of hydrogen-bond acceptors (Lipinski definition) is 4. The number of nitro groups is 1. The molecular weight excluding hydrogens is 244 g/mol. The monoisotopic (exact) mass is 256 g/mol. The van der Waals surface area contributed by atoms with Gasteiger partial charge < -0.3 is 4.74 Å². The van der Waals surface area contributed by atoms with Crippen molar-refractivity contribution in [3.63, 3.8) is 0 Å². The van der Waals surface area contributed by atoms with Crippen LogP contribution in [-0.2, 0) is 0 Å². The van der Waals surface area contributed by atoms with Crippen LogP contribution in [0.2, 0.25) is 0 Å². The van der Waals surface area contributed by atoms with E-state index in [4.69, 9.17) is 4.74 Å². The van der Waals surface area contributed by atoms with E-state index in [0.717, 1.165) is 5.69 Å². The van der Waals surface area contributed by atoms with Gasteiger partial charge in [-0.1, -0.05) is 6.07 Å². The predicted octanol–water partition coefficient (Wildman–Crippen LogP) is 3.17. The zero-order chi connectivity index (χ0) is 13.7. The van der Waals surface area contributed by atoms with Crippen molar-refractivity contribution in [3.8, 4) is 5.75 Å². The Morgan fingerprint density at radius 1 is 1.26 bits per heavy atom. The number of benzene rings is 1. The Morgan fingerprint density at radius 2 is 2.11 bits per heavy atom. The van der Waals surface area contributed by atoms with Crippen molar-refractivity contribution in [2.75, 3.05) is 7.11 Å². The van der Waals surface area contributed by atoms with Crippen LogP contribution in [-0.4, -0.2) is 17.0 Å². The quantitative estimate of drug-likeness (QED) is 0.622. The first-order valence-corrected chi connectivity index (χ1v) is 5.62. The summed E-state index contributed by atoms with van der Waals surface area (Å²) < 4.78 is 5.07. The lowest BCUT2D eigenvalue weighted by Crippen LogP contribution is -1.92. The van der Waals surface area contributed by atoms with Crippen molar-refractivity contribution in [1.29, 1.82) is 0 Å². The number of pyridine rings is 1. The van der Waals surface area contributed by atoms with Crippen LogP contribution in [0.15, 0.2) is 42.6 Å². The molecule has 19 heavy (non-hydrogen) atoms. The number of nitro benzene ring substituents is 1. The van der Waals surface area contributed by atoms with Crippen LogP contribution in [0.5, 0.6) is 5.75 Å². The molecule has 0 N–H and O–H groups in total. The van der Waals surface area contributed by atoms with Crippen molar-refractivity contribution in [2.24, 2.45) is 0 Å². The molecule has 2 aromatic rings. The second-order valence-corrected chi connectivity index (χ2v) is 3.77. The Labute approximate surface area is 110 Å². The molecule has 0 bridgehead atoms. The zero-order valence-corrected chi connectivity index (χ0v) is 10.3. The summed E-state index contributed by atoms with van der Waals surface area (Å²) in [5.74, 6) is 0.575. The van der Waals surface area contributed by atoms with Crippen LogP contribution in [0.4, 0.5) is 5.69 Å². The van der Waals surface area contributed by atoms with Crippen LogP contribution < -0.4 is 4.74 Å². The second kappa shape index (κ2) is 5.77. The fourth-order valence-corrected chi connectivity index (χ4v) is 1.61. The van der Waals surface area contributed by atoms with Gasteiger partial charge in [0.2, 0.25) is 0 Å². The van der Waals surface area contributed by atoms with Gasteiger partial charge in [-0.05, 0) is 36.4 Å². The van der Waals surface area contributed by atoms with E-state index >= 15 is 0 Å². The van der Waals surface area contributed by atoms with Gasteiger partial charge in [0, 0.05) is 12.3 Å². The first kappa shape index (κ1) is 12.8. The van der Waals surface area contributed by atoms with E-state index in [9.17, 15) is 10.1 Å². The fourth-order valence-electron chi connectivity index (χ4n) is 1.61. The molecule has 96 valence electrons. The average molecular weight is 256 g/mol. The van der Waals surface area contributed by atoms with Crippen molar-refractivity contribution in [3.05, 3.63) is 64.0 Å². The van der Waals surface area contributed by atoms with Crippen molar-refractivity contribution in [1.82, 2.24) is 4.98 Å². The number of aromatic nitrogens is 1. The maximum absolute atomic E-state index is 10.9. The van der Waals surface area contributed by atoms with Gasteiger partial charge in [0.1, 0.15) is 5.75 Å². The molecule has 5 nitrogen and oxygen atoms in total. The number of ether oxygens (including phenoxy) is 1. The maximum atomic E-state index is 10.9. The van der Waals surface area contributed by atoms with Gasteiger partial charge in [-0.15, -0.1) is 0 Å². The highest BCUT2D eigenvalue weighted by molar-refractivity contribution is 5.73. The molecule has 0 amide bonds. The second-order valence-electron chi connectivity index (χ2n) is 3.77. The van der Waals surface area contributed by atoms with Crippen LogP contribution in [0.3, 0.4) is 0 Å². The molecule has 0 aliphatic rings. The molecule has 0 atom stereocenters. The first-order valence-electron chi connectivity index (χ1n) is 5.62.